The molecule has 0 heterocycles. The molecule has 0 fully saturated rings. The van der Waals surface area contributed by atoms with E-state index in [0.717, 1.165) is 11.1 Å². The van der Waals surface area contributed by atoms with Gasteiger partial charge in [0.05, 0.1) is 19.5 Å². The largest absolute Gasteiger partial charge is 0.381 e. The van der Waals surface area contributed by atoms with E-state index in [1.165, 1.54) is 0 Å². The third-order valence-corrected chi connectivity index (χ3v) is 3.23. The highest BCUT2D eigenvalue weighted by Crippen LogP contribution is 2.01. The maximum atomic E-state index is 11.6. The summed E-state index contributed by atoms with van der Waals surface area (Å²) in [6.45, 7) is 0.619. The standard InChI is InChI=1S/C18H20N2O5/c21-16(18(23)25-20-13-15-9-5-2-6-10-15)11-17(22)24-19-12-14-7-3-1-4-8-14/h1-10,16,19-21H,11-13H2. The molecule has 0 saturated heterocycles. The molecular weight excluding hydrogens is 324 g/mol. The van der Waals surface area contributed by atoms with E-state index in [0.29, 0.717) is 13.1 Å². The predicted octanol–water partition coefficient (Wildman–Crippen LogP) is 1.23. The minimum Gasteiger partial charge on any atom is -0.381 e. The van der Waals surface area contributed by atoms with Gasteiger partial charge in [0.15, 0.2) is 6.10 Å². The number of hydroxylamine groups is 2. The molecule has 3 N–H and O–H groups in total. The molecule has 0 saturated carbocycles. The Labute approximate surface area is 145 Å². The molecule has 0 aliphatic rings. The van der Waals surface area contributed by atoms with Crippen molar-refractivity contribution in [3.63, 3.8) is 0 Å². The van der Waals surface area contributed by atoms with Gasteiger partial charge in [-0.1, -0.05) is 60.7 Å². The number of hydrogen-bond acceptors (Lipinski definition) is 7. The molecule has 2 aromatic rings. The Morgan fingerprint density at radius 1 is 0.840 bits per heavy atom. The van der Waals surface area contributed by atoms with Gasteiger partial charge in [0, 0.05) is 0 Å². The average molecular weight is 344 g/mol. The lowest BCUT2D eigenvalue weighted by molar-refractivity contribution is -0.168. The van der Waals surface area contributed by atoms with Gasteiger partial charge < -0.3 is 14.8 Å². The molecule has 132 valence electrons. The van der Waals surface area contributed by atoms with Crippen molar-refractivity contribution in [1.29, 1.82) is 0 Å². The summed E-state index contributed by atoms with van der Waals surface area (Å²) in [7, 11) is 0. The third-order valence-electron chi connectivity index (χ3n) is 3.23. The first-order valence-electron chi connectivity index (χ1n) is 7.77. The molecule has 0 aliphatic carbocycles. The Balaban J connectivity index is 1.61. The highest BCUT2D eigenvalue weighted by atomic mass is 16.7. The summed E-state index contributed by atoms with van der Waals surface area (Å²) >= 11 is 0. The molecule has 1 atom stereocenters. The van der Waals surface area contributed by atoms with Crippen molar-refractivity contribution in [1.82, 2.24) is 11.0 Å². The highest BCUT2D eigenvalue weighted by molar-refractivity contribution is 5.81. The minimum atomic E-state index is -1.60. The second-order valence-electron chi connectivity index (χ2n) is 5.23. The molecular formula is C18H20N2O5. The molecule has 0 amide bonds. The van der Waals surface area contributed by atoms with E-state index < -0.39 is 24.5 Å². The zero-order valence-electron chi connectivity index (χ0n) is 13.6. The van der Waals surface area contributed by atoms with Crippen LogP contribution < -0.4 is 11.0 Å². The first-order chi connectivity index (χ1) is 12.1. The van der Waals surface area contributed by atoms with Crippen molar-refractivity contribution >= 4 is 11.9 Å². The van der Waals surface area contributed by atoms with Crippen LogP contribution in [0.3, 0.4) is 0 Å². The van der Waals surface area contributed by atoms with Gasteiger partial charge in [-0.25, -0.2) is 4.79 Å². The third kappa shape index (κ3) is 7.13. The zero-order valence-corrected chi connectivity index (χ0v) is 13.6. The lowest BCUT2D eigenvalue weighted by atomic mass is 10.2. The summed E-state index contributed by atoms with van der Waals surface area (Å²) in [5, 5.41) is 9.66. The van der Waals surface area contributed by atoms with Gasteiger partial charge in [-0.15, -0.1) is 11.0 Å². The Kier molecular flexibility index (Phi) is 7.58. The predicted molar refractivity (Wildman–Crippen MR) is 89.4 cm³/mol. The second kappa shape index (κ2) is 10.2. The Bertz CT molecular complexity index is 664. The summed E-state index contributed by atoms with van der Waals surface area (Å²) in [5.74, 6) is -1.71. The number of aliphatic hydroxyl groups is 1. The van der Waals surface area contributed by atoms with Gasteiger partial charge in [0.25, 0.3) is 0 Å². The van der Waals surface area contributed by atoms with Crippen molar-refractivity contribution in [3.05, 3.63) is 71.8 Å². The van der Waals surface area contributed by atoms with Crippen LogP contribution >= 0.6 is 0 Å². The molecule has 0 radical (unpaired) electrons. The van der Waals surface area contributed by atoms with E-state index in [-0.39, 0.29) is 0 Å². The summed E-state index contributed by atoms with van der Waals surface area (Å²) in [6, 6.07) is 18.6. The Hall–Kier alpha value is -2.74. The summed E-state index contributed by atoms with van der Waals surface area (Å²) < 4.78 is 0. The molecule has 0 bridgehead atoms. The number of aliphatic hydroxyl groups excluding tert-OH is 1. The molecule has 2 rings (SSSR count). The SMILES string of the molecule is O=C(CC(O)C(=O)ONCc1ccccc1)ONCc1ccccc1. The smallest absolute Gasteiger partial charge is 0.354 e. The molecule has 7 nitrogen and oxygen atoms in total. The fourth-order valence-corrected chi connectivity index (χ4v) is 1.93. The lowest BCUT2D eigenvalue weighted by Crippen LogP contribution is -2.32. The maximum absolute atomic E-state index is 11.6. The highest BCUT2D eigenvalue weighted by Gasteiger charge is 2.22. The monoisotopic (exact) mass is 344 g/mol. The molecule has 0 aromatic heterocycles. The van der Waals surface area contributed by atoms with Crippen molar-refractivity contribution in [2.24, 2.45) is 0 Å². The van der Waals surface area contributed by atoms with Crippen LogP contribution in [-0.4, -0.2) is 23.1 Å². The minimum absolute atomic E-state index is 0.294. The van der Waals surface area contributed by atoms with Gasteiger partial charge in [0.1, 0.15) is 0 Å². The molecule has 7 heteroatoms. The Morgan fingerprint density at radius 2 is 1.32 bits per heavy atom. The second-order valence-corrected chi connectivity index (χ2v) is 5.23. The first-order valence-corrected chi connectivity index (χ1v) is 7.77. The van der Waals surface area contributed by atoms with Crippen LogP contribution in [-0.2, 0) is 32.4 Å². The van der Waals surface area contributed by atoms with Crippen LogP contribution in [0.15, 0.2) is 60.7 Å². The number of benzene rings is 2. The van der Waals surface area contributed by atoms with E-state index >= 15 is 0 Å². The molecule has 25 heavy (non-hydrogen) atoms. The molecule has 0 aliphatic heterocycles. The number of nitrogens with one attached hydrogen (secondary N) is 2. The fraction of sp³-hybridized carbons (Fsp3) is 0.222. The van der Waals surface area contributed by atoms with Crippen LogP contribution in [0.5, 0.6) is 0 Å². The number of carbonyl (C=O) groups is 2. The van der Waals surface area contributed by atoms with Crippen LogP contribution in [0.2, 0.25) is 0 Å². The van der Waals surface area contributed by atoms with Crippen LogP contribution in [0.4, 0.5) is 0 Å². The maximum Gasteiger partial charge on any atom is 0.354 e. The van der Waals surface area contributed by atoms with Gasteiger partial charge in [0.2, 0.25) is 0 Å². The van der Waals surface area contributed by atoms with Crippen LogP contribution in [0.1, 0.15) is 17.5 Å². The van der Waals surface area contributed by atoms with E-state index in [4.69, 9.17) is 9.68 Å². The zero-order chi connectivity index (χ0) is 17.9. The van der Waals surface area contributed by atoms with E-state index in [2.05, 4.69) is 11.0 Å². The van der Waals surface area contributed by atoms with E-state index in [1.54, 1.807) is 0 Å². The number of hydrogen-bond donors (Lipinski definition) is 3. The van der Waals surface area contributed by atoms with Crippen LogP contribution in [0, 0.1) is 0 Å². The quantitative estimate of drug-likeness (QED) is 0.589. The molecule has 1 unspecified atom stereocenters. The molecule has 0 spiro atoms. The van der Waals surface area contributed by atoms with E-state index in [1.807, 2.05) is 60.7 Å². The average Bonchev–Trinajstić information content (AvgIpc) is 2.63. The summed E-state index contributed by atoms with van der Waals surface area (Å²) in [5.41, 5.74) is 6.77. The topological polar surface area (TPSA) is 96.9 Å². The number of carbonyl (C=O) groups excluding carboxylic acids is 2. The number of rotatable bonds is 9. The lowest BCUT2D eigenvalue weighted by Gasteiger charge is -2.11. The van der Waals surface area contributed by atoms with Crippen molar-refractivity contribution in [2.45, 2.75) is 25.6 Å². The van der Waals surface area contributed by atoms with Gasteiger partial charge in [-0.2, -0.15) is 0 Å². The normalized spacial score (nSPS) is 11.6. The van der Waals surface area contributed by atoms with Crippen molar-refractivity contribution in [3.8, 4) is 0 Å². The summed E-state index contributed by atoms with van der Waals surface area (Å²) in [4.78, 5) is 32.7. The molecule has 2 aromatic carbocycles. The van der Waals surface area contributed by atoms with Gasteiger partial charge in [-0.3, -0.25) is 4.79 Å². The summed E-state index contributed by atoms with van der Waals surface area (Å²) in [6.07, 6.45) is -2.11. The van der Waals surface area contributed by atoms with Crippen molar-refractivity contribution in [2.75, 3.05) is 0 Å². The van der Waals surface area contributed by atoms with Crippen molar-refractivity contribution < 1.29 is 24.4 Å². The van der Waals surface area contributed by atoms with Crippen LogP contribution in [0.25, 0.3) is 0 Å². The van der Waals surface area contributed by atoms with E-state index in [9.17, 15) is 14.7 Å². The van der Waals surface area contributed by atoms with Gasteiger partial charge in [-0.05, 0) is 11.1 Å². The van der Waals surface area contributed by atoms with Gasteiger partial charge >= 0.3 is 11.9 Å². The first kappa shape index (κ1) is 18.6. The Morgan fingerprint density at radius 3 is 1.84 bits per heavy atom. The fourth-order valence-electron chi connectivity index (χ4n) is 1.93.